The van der Waals surface area contributed by atoms with Crippen molar-refractivity contribution in [2.45, 2.75) is 24.9 Å². The van der Waals surface area contributed by atoms with Gasteiger partial charge in [0.05, 0.1) is 31.6 Å². The molecule has 1 aliphatic heterocycles. The summed E-state index contributed by atoms with van der Waals surface area (Å²) in [6, 6.07) is 9.20. The van der Waals surface area contributed by atoms with Crippen LogP contribution in [0.2, 0.25) is 0 Å². The molecule has 3 heterocycles. The van der Waals surface area contributed by atoms with Crippen LogP contribution in [0.4, 0.5) is 0 Å². The minimum Gasteiger partial charge on any atom is -0.492 e. The van der Waals surface area contributed by atoms with Gasteiger partial charge in [-0.1, -0.05) is 6.07 Å². The molecule has 1 aliphatic carbocycles. The highest BCUT2D eigenvalue weighted by Gasteiger charge is 2.48. The number of nitrogens with zero attached hydrogens (tertiary/aromatic N) is 3. The Morgan fingerprint density at radius 3 is 3.08 bits per heavy atom. The zero-order chi connectivity index (χ0) is 17.8. The van der Waals surface area contributed by atoms with Gasteiger partial charge >= 0.3 is 0 Å². The van der Waals surface area contributed by atoms with Crippen molar-refractivity contribution in [2.75, 3.05) is 26.3 Å². The van der Waals surface area contributed by atoms with Gasteiger partial charge < -0.3 is 14.4 Å². The quantitative estimate of drug-likeness (QED) is 0.845. The summed E-state index contributed by atoms with van der Waals surface area (Å²) >= 11 is 0. The third-order valence-electron chi connectivity index (χ3n) is 5.36. The molecule has 1 saturated heterocycles. The van der Waals surface area contributed by atoms with E-state index in [2.05, 4.69) is 9.97 Å². The summed E-state index contributed by atoms with van der Waals surface area (Å²) in [5.74, 6) is 1.01. The van der Waals surface area contributed by atoms with Crippen LogP contribution in [-0.2, 0) is 4.74 Å². The van der Waals surface area contributed by atoms with E-state index in [-0.39, 0.29) is 17.4 Å². The third-order valence-corrected chi connectivity index (χ3v) is 5.36. The summed E-state index contributed by atoms with van der Waals surface area (Å²) < 4.78 is 12.2. The second-order valence-electron chi connectivity index (χ2n) is 6.94. The summed E-state index contributed by atoms with van der Waals surface area (Å²) in [5, 5.41) is 0. The first-order valence-electron chi connectivity index (χ1n) is 9.14. The average molecular weight is 353 g/mol. The van der Waals surface area contributed by atoms with Gasteiger partial charge in [0.15, 0.2) is 0 Å². The molecule has 6 heteroatoms. The van der Waals surface area contributed by atoms with Gasteiger partial charge in [0, 0.05) is 24.9 Å². The molecule has 6 nitrogen and oxygen atoms in total. The molecule has 2 atom stereocenters. The number of ether oxygens (including phenoxy) is 2. The lowest BCUT2D eigenvalue weighted by molar-refractivity contribution is -0.126. The van der Waals surface area contributed by atoms with Gasteiger partial charge in [-0.2, -0.15) is 0 Å². The molecule has 0 unspecified atom stereocenters. The molecule has 26 heavy (non-hydrogen) atoms. The molecular formula is C20H23N3O3. The fraction of sp³-hybridized carbons (Fsp3) is 0.450. The van der Waals surface area contributed by atoms with E-state index < -0.39 is 0 Å². The Bertz CT molecular complexity index is 740. The van der Waals surface area contributed by atoms with Crippen molar-refractivity contribution in [3.63, 3.8) is 0 Å². The zero-order valence-corrected chi connectivity index (χ0v) is 14.7. The Labute approximate surface area is 153 Å². The lowest BCUT2D eigenvalue weighted by Gasteiger charge is -2.43. The minimum absolute atomic E-state index is 0.0212. The Morgan fingerprint density at radius 1 is 1.31 bits per heavy atom. The van der Waals surface area contributed by atoms with E-state index in [1.807, 2.05) is 29.2 Å². The SMILES string of the molecule is O=C(c1ccccn1)N1CCO[C@]2(CCC[C@H]2COc2cccnc2)C1. The Kier molecular flexibility index (Phi) is 4.84. The minimum atomic E-state index is -0.315. The lowest BCUT2D eigenvalue weighted by atomic mass is 9.89. The summed E-state index contributed by atoms with van der Waals surface area (Å²) in [6.45, 7) is 2.34. The molecular weight excluding hydrogens is 330 g/mol. The van der Waals surface area contributed by atoms with E-state index in [4.69, 9.17) is 9.47 Å². The maximum absolute atomic E-state index is 12.8. The van der Waals surface area contributed by atoms with E-state index >= 15 is 0 Å². The normalized spacial score (nSPS) is 25.4. The van der Waals surface area contributed by atoms with Crippen molar-refractivity contribution < 1.29 is 14.3 Å². The highest BCUT2D eigenvalue weighted by molar-refractivity contribution is 5.92. The van der Waals surface area contributed by atoms with Gasteiger partial charge in [-0.3, -0.25) is 14.8 Å². The van der Waals surface area contributed by atoms with Gasteiger partial charge in [-0.05, 0) is 43.5 Å². The van der Waals surface area contributed by atoms with Gasteiger partial charge in [0.1, 0.15) is 11.4 Å². The van der Waals surface area contributed by atoms with E-state index in [1.165, 1.54) is 0 Å². The van der Waals surface area contributed by atoms with Gasteiger partial charge in [-0.15, -0.1) is 0 Å². The first-order valence-corrected chi connectivity index (χ1v) is 9.14. The standard InChI is InChI=1S/C20H23N3O3/c24-19(18-7-1-2-10-22-18)23-11-12-26-20(15-23)8-3-5-16(20)14-25-17-6-4-9-21-13-17/h1-2,4,6-7,9-10,13,16H,3,5,8,11-12,14-15H2/t16-,20+/m0/s1. The smallest absolute Gasteiger partial charge is 0.272 e. The Hall–Kier alpha value is -2.47. The van der Waals surface area contributed by atoms with E-state index in [0.29, 0.717) is 32.0 Å². The van der Waals surface area contributed by atoms with Crippen LogP contribution in [0.15, 0.2) is 48.9 Å². The van der Waals surface area contributed by atoms with Crippen LogP contribution in [0.3, 0.4) is 0 Å². The molecule has 0 N–H and O–H groups in total. The number of pyridine rings is 2. The molecule has 2 fully saturated rings. The van der Waals surface area contributed by atoms with E-state index in [1.54, 1.807) is 24.7 Å². The fourth-order valence-electron chi connectivity index (χ4n) is 4.01. The number of rotatable bonds is 4. The average Bonchev–Trinajstić information content (AvgIpc) is 3.08. The van der Waals surface area contributed by atoms with Crippen LogP contribution >= 0.6 is 0 Å². The van der Waals surface area contributed by atoms with Crippen molar-refractivity contribution in [3.8, 4) is 5.75 Å². The molecule has 0 bridgehead atoms. The van der Waals surface area contributed by atoms with Crippen molar-refractivity contribution in [2.24, 2.45) is 5.92 Å². The third kappa shape index (κ3) is 3.42. The predicted octanol–water partition coefficient (Wildman–Crippen LogP) is 2.57. The number of hydrogen-bond donors (Lipinski definition) is 0. The Balaban J connectivity index is 1.45. The Morgan fingerprint density at radius 2 is 2.27 bits per heavy atom. The molecule has 0 aromatic carbocycles. The van der Waals surface area contributed by atoms with Crippen molar-refractivity contribution in [1.82, 2.24) is 14.9 Å². The molecule has 1 saturated carbocycles. The first-order chi connectivity index (χ1) is 12.8. The van der Waals surface area contributed by atoms with Crippen molar-refractivity contribution in [1.29, 1.82) is 0 Å². The monoisotopic (exact) mass is 353 g/mol. The van der Waals surface area contributed by atoms with Crippen LogP contribution in [0.1, 0.15) is 29.8 Å². The largest absolute Gasteiger partial charge is 0.492 e. The summed E-state index contributed by atoms with van der Waals surface area (Å²) in [6.07, 6.45) is 8.21. The van der Waals surface area contributed by atoms with E-state index in [0.717, 1.165) is 25.0 Å². The van der Waals surface area contributed by atoms with Crippen LogP contribution in [0.5, 0.6) is 5.75 Å². The molecule has 4 rings (SSSR count). The molecule has 2 aromatic rings. The van der Waals surface area contributed by atoms with Crippen LogP contribution in [-0.4, -0.2) is 52.7 Å². The lowest BCUT2D eigenvalue weighted by Crippen LogP contribution is -2.56. The van der Waals surface area contributed by atoms with Crippen LogP contribution in [0.25, 0.3) is 0 Å². The highest BCUT2D eigenvalue weighted by Crippen LogP contribution is 2.41. The van der Waals surface area contributed by atoms with Crippen LogP contribution < -0.4 is 4.74 Å². The van der Waals surface area contributed by atoms with Gasteiger partial charge in [-0.25, -0.2) is 0 Å². The van der Waals surface area contributed by atoms with Crippen LogP contribution in [0, 0.1) is 5.92 Å². The number of amides is 1. The number of carbonyl (C=O) groups is 1. The van der Waals surface area contributed by atoms with E-state index in [9.17, 15) is 4.79 Å². The number of carbonyl (C=O) groups excluding carboxylic acids is 1. The fourth-order valence-corrected chi connectivity index (χ4v) is 4.01. The number of aromatic nitrogens is 2. The highest BCUT2D eigenvalue weighted by atomic mass is 16.5. The molecule has 2 aromatic heterocycles. The zero-order valence-electron chi connectivity index (χ0n) is 14.7. The van der Waals surface area contributed by atoms with Crippen molar-refractivity contribution in [3.05, 3.63) is 54.6 Å². The summed E-state index contributed by atoms with van der Waals surface area (Å²) in [5.41, 5.74) is 0.177. The summed E-state index contributed by atoms with van der Waals surface area (Å²) in [4.78, 5) is 23.0. The maximum atomic E-state index is 12.8. The topological polar surface area (TPSA) is 64.6 Å². The molecule has 0 radical (unpaired) electrons. The number of morpholine rings is 1. The second kappa shape index (κ2) is 7.41. The molecule has 1 spiro atoms. The first kappa shape index (κ1) is 17.0. The molecule has 136 valence electrons. The second-order valence-corrected chi connectivity index (χ2v) is 6.94. The van der Waals surface area contributed by atoms with Crippen molar-refractivity contribution >= 4 is 5.91 Å². The predicted molar refractivity (Wildman–Crippen MR) is 95.9 cm³/mol. The number of hydrogen-bond acceptors (Lipinski definition) is 5. The summed E-state index contributed by atoms with van der Waals surface area (Å²) in [7, 11) is 0. The molecule has 1 amide bonds. The maximum Gasteiger partial charge on any atom is 0.272 e. The molecule has 2 aliphatic rings. The van der Waals surface area contributed by atoms with Gasteiger partial charge in [0.25, 0.3) is 5.91 Å². The van der Waals surface area contributed by atoms with Gasteiger partial charge in [0.2, 0.25) is 0 Å².